The van der Waals surface area contributed by atoms with Crippen molar-refractivity contribution in [3.63, 3.8) is 0 Å². The number of benzene rings is 1. The minimum atomic E-state index is -0.678. The SMILES string of the molecule is Cn1cccc1C(=O)NC(=O)COC(=O)c1ccccc1CSC1=NCCS1. The number of aryl methyl sites for hydroxylation is 1. The molecule has 1 aromatic heterocycles. The molecule has 146 valence electrons. The summed E-state index contributed by atoms with van der Waals surface area (Å²) in [6.07, 6.45) is 1.70. The van der Waals surface area contributed by atoms with Crippen LogP contribution in [-0.2, 0) is 22.3 Å². The van der Waals surface area contributed by atoms with Crippen LogP contribution in [0, 0.1) is 0 Å². The normalized spacial score (nSPS) is 13.1. The maximum absolute atomic E-state index is 12.4. The molecule has 0 saturated heterocycles. The third-order valence-corrected chi connectivity index (χ3v) is 6.21. The van der Waals surface area contributed by atoms with Crippen molar-refractivity contribution in [2.24, 2.45) is 12.0 Å². The van der Waals surface area contributed by atoms with Gasteiger partial charge in [0.2, 0.25) is 0 Å². The number of carbonyl (C=O) groups is 3. The molecule has 2 aromatic rings. The molecule has 0 aliphatic carbocycles. The van der Waals surface area contributed by atoms with Gasteiger partial charge in [-0.05, 0) is 23.8 Å². The summed E-state index contributed by atoms with van der Waals surface area (Å²) >= 11 is 3.29. The zero-order valence-electron chi connectivity index (χ0n) is 15.2. The molecule has 0 spiro atoms. The van der Waals surface area contributed by atoms with E-state index in [1.807, 2.05) is 12.1 Å². The van der Waals surface area contributed by atoms with Crippen LogP contribution in [0.25, 0.3) is 0 Å². The van der Waals surface area contributed by atoms with Crippen LogP contribution >= 0.6 is 23.5 Å². The van der Waals surface area contributed by atoms with Crippen LogP contribution < -0.4 is 5.32 Å². The average molecular weight is 418 g/mol. The highest BCUT2D eigenvalue weighted by molar-refractivity contribution is 8.38. The number of nitrogens with one attached hydrogen (secondary N) is 1. The number of hydrogen-bond acceptors (Lipinski definition) is 7. The molecule has 0 radical (unpaired) electrons. The van der Waals surface area contributed by atoms with Crippen molar-refractivity contribution < 1.29 is 19.1 Å². The Balaban J connectivity index is 1.53. The minimum Gasteiger partial charge on any atom is -0.452 e. The third kappa shape index (κ3) is 5.26. The molecule has 0 bridgehead atoms. The van der Waals surface area contributed by atoms with Crippen molar-refractivity contribution >= 4 is 45.7 Å². The van der Waals surface area contributed by atoms with Gasteiger partial charge in [0, 0.05) is 24.8 Å². The van der Waals surface area contributed by atoms with E-state index in [9.17, 15) is 14.4 Å². The molecule has 1 N–H and O–H groups in total. The molecule has 3 rings (SSSR count). The molecule has 0 atom stereocenters. The first-order valence-corrected chi connectivity index (χ1v) is 10.5. The fraction of sp³-hybridized carbons (Fsp3) is 0.263. The van der Waals surface area contributed by atoms with Crippen LogP contribution in [0.15, 0.2) is 47.6 Å². The van der Waals surface area contributed by atoms with Gasteiger partial charge < -0.3 is 9.30 Å². The fourth-order valence-electron chi connectivity index (χ4n) is 2.52. The van der Waals surface area contributed by atoms with Gasteiger partial charge in [-0.2, -0.15) is 0 Å². The van der Waals surface area contributed by atoms with E-state index in [-0.39, 0.29) is 0 Å². The zero-order valence-corrected chi connectivity index (χ0v) is 16.8. The first kappa shape index (κ1) is 20.2. The molecule has 2 amide bonds. The van der Waals surface area contributed by atoms with Gasteiger partial charge in [0.05, 0.1) is 12.1 Å². The van der Waals surface area contributed by atoms with E-state index in [1.165, 1.54) is 0 Å². The third-order valence-electron chi connectivity index (χ3n) is 3.91. The number of nitrogens with zero attached hydrogens (tertiary/aromatic N) is 2. The van der Waals surface area contributed by atoms with Crippen molar-refractivity contribution in [3.05, 3.63) is 59.4 Å². The molecule has 2 heterocycles. The summed E-state index contributed by atoms with van der Waals surface area (Å²) in [7, 11) is 1.70. The average Bonchev–Trinajstić information content (AvgIpc) is 3.36. The van der Waals surface area contributed by atoms with E-state index in [2.05, 4.69) is 10.3 Å². The topological polar surface area (TPSA) is 89.8 Å². The number of aliphatic imine (C=N–C) groups is 1. The Bertz CT molecular complexity index is 923. The van der Waals surface area contributed by atoms with Crippen molar-refractivity contribution in [3.8, 4) is 0 Å². The Kier molecular flexibility index (Phi) is 6.94. The first-order valence-electron chi connectivity index (χ1n) is 8.55. The number of ether oxygens (including phenoxy) is 1. The summed E-state index contributed by atoms with van der Waals surface area (Å²) in [5, 5.41) is 2.21. The number of carbonyl (C=O) groups excluding carboxylic acids is 3. The standard InChI is InChI=1S/C19H19N3O4S2/c1-22-9-4-7-15(22)17(24)21-16(23)11-26-18(25)14-6-3-2-5-13(14)12-28-19-20-8-10-27-19/h2-7,9H,8,10-12H2,1H3,(H,21,23,24). The van der Waals surface area contributed by atoms with E-state index in [0.29, 0.717) is 17.0 Å². The Labute approximate surface area is 170 Å². The second kappa shape index (κ2) is 9.61. The molecule has 9 heteroatoms. The van der Waals surface area contributed by atoms with Crippen LogP contribution in [0.1, 0.15) is 26.4 Å². The lowest BCUT2D eigenvalue weighted by Gasteiger charge is -2.10. The quantitative estimate of drug-likeness (QED) is 0.727. The predicted molar refractivity (Wildman–Crippen MR) is 111 cm³/mol. The summed E-state index contributed by atoms with van der Waals surface area (Å²) in [5.74, 6) is -0.236. The van der Waals surface area contributed by atoms with Crippen molar-refractivity contribution in [1.82, 2.24) is 9.88 Å². The van der Waals surface area contributed by atoms with Crippen molar-refractivity contribution in [1.29, 1.82) is 0 Å². The van der Waals surface area contributed by atoms with Gasteiger partial charge in [0.15, 0.2) is 6.61 Å². The van der Waals surface area contributed by atoms with E-state index < -0.39 is 24.4 Å². The highest BCUT2D eigenvalue weighted by atomic mass is 32.2. The van der Waals surface area contributed by atoms with Crippen LogP contribution in [0.3, 0.4) is 0 Å². The summed E-state index contributed by atoms with van der Waals surface area (Å²) in [6, 6.07) is 10.4. The monoisotopic (exact) mass is 417 g/mol. The van der Waals surface area contributed by atoms with Crippen molar-refractivity contribution in [2.75, 3.05) is 18.9 Å². The lowest BCUT2D eigenvalue weighted by Crippen LogP contribution is -2.35. The van der Waals surface area contributed by atoms with Crippen molar-refractivity contribution in [2.45, 2.75) is 5.75 Å². The molecular weight excluding hydrogens is 398 g/mol. The van der Waals surface area contributed by atoms with E-state index in [0.717, 1.165) is 22.2 Å². The first-order chi connectivity index (χ1) is 13.5. The Hall–Kier alpha value is -2.52. The number of hydrogen-bond donors (Lipinski definition) is 1. The number of esters is 1. The van der Waals surface area contributed by atoms with E-state index in [4.69, 9.17) is 4.74 Å². The second-order valence-corrected chi connectivity index (χ2v) is 8.21. The van der Waals surface area contributed by atoms with Gasteiger partial charge in [-0.3, -0.25) is 19.9 Å². The number of imide groups is 1. The van der Waals surface area contributed by atoms with Gasteiger partial charge in [-0.1, -0.05) is 41.7 Å². The summed E-state index contributed by atoms with van der Waals surface area (Å²) in [5.41, 5.74) is 1.56. The van der Waals surface area contributed by atoms with E-state index in [1.54, 1.807) is 65.6 Å². The Morgan fingerprint density at radius 3 is 2.79 bits per heavy atom. The van der Waals surface area contributed by atoms with Gasteiger partial charge in [-0.25, -0.2) is 4.79 Å². The van der Waals surface area contributed by atoms with Crippen LogP contribution in [-0.4, -0.2) is 45.6 Å². The molecular formula is C19H19N3O4S2. The molecule has 0 saturated carbocycles. The lowest BCUT2D eigenvalue weighted by molar-refractivity contribution is -0.123. The maximum atomic E-state index is 12.4. The number of rotatable bonds is 6. The Morgan fingerprint density at radius 1 is 1.25 bits per heavy atom. The fourth-order valence-corrected chi connectivity index (χ4v) is 4.53. The predicted octanol–water partition coefficient (Wildman–Crippen LogP) is 2.47. The highest BCUT2D eigenvalue weighted by Crippen LogP contribution is 2.26. The number of aromatic nitrogens is 1. The largest absolute Gasteiger partial charge is 0.452 e. The summed E-state index contributed by atoms with van der Waals surface area (Å²) < 4.78 is 7.70. The van der Waals surface area contributed by atoms with Gasteiger partial charge in [0.25, 0.3) is 11.8 Å². The second-order valence-electron chi connectivity index (χ2n) is 5.90. The maximum Gasteiger partial charge on any atom is 0.338 e. The molecule has 0 fully saturated rings. The van der Waals surface area contributed by atoms with Crippen LogP contribution in [0.4, 0.5) is 0 Å². The van der Waals surface area contributed by atoms with Crippen LogP contribution in [0.5, 0.6) is 0 Å². The minimum absolute atomic E-state index is 0.342. The molecule has 1 aliphatic rings. The Morgan fingerprint density at radius 2 is 2.07 bits per heavy atom. The molecule has 0 unspecified atom stereocenters. The van der Waals surface area contributed by atoms with Gasteiger partial charge >= 0.3 is 5.97 Å². The van der Waals surface area contributed by atoms with Gasteiger partial charge in [0.1, 0.15) is 10.1 Å². The van der Waals surface area contributed by atoms with Crippen LogP contribution in [0.2, 0.25) is 0 Å². The molecule has 28 heavy (non-hydrogen) atoms. The molecule has 7 nitrogen and oxygen atoms in total. The summed E-state index contributed by atoms with van der Waals surface area (Å²) in [6.45, 7) is 0.298. The number of amides is 2. The lowest BCUT2D eigenvalue weighted by atomic mass is 10.1. The molecule has 1 aromatic carbocycles. The highest BCUT2D eigenvalue weighted by Gasteiger charge is 2.18. The molecule has 1 aliphatic heterocycles. The zero-order chi connectivity index (χ0) is 19.9. The van der Waals surface area contributed by atoms with E-state index >= 15 is 0 Å². The smallest absolute Gasteiger partial charge is 0.338 e. The number of thioether (sulfide) groups is 2. The summed E-state index contributed by atoms with van der Waals surface area (Å²) in [4.78, 5) is 40.7. The van der Waals surface area contributed by atoms with Gasteiger partial charge in [-0.15, -0.1) is 0 Å².